The van der Waals surface area contributed by atoms with Crippen LogP contribution in [-0.4, -0.2) is 163 Å². The van der Waals surface area contributed by atoms with Gasteiger partial charge >= 0.3 is 96.8 Å². The van der Waals surface area contributed by atoms with Gasteiger partial charge in [-0.1, -0.05) is 0 Å². The summed E-state index contributed by atoms with van der Waals surface area (Å²) >= 11 is 0. The lowest BCUT2D eigenvalue weighted by Crippen LogP contribution is -2.59. The van der Waals surface area contributed by atoms with E-state index >= 15 is 70.2 Å². The van der Waals surface area contributed by atoms with Crippen LogP contribution in [-0.2, 0) is 26.4 Å². The van der Waals surface area contributed by atoms with Gasteiger partial charge in [-0.2, -0.15) is 140 Å². The first-order valence-corrected chi connectivity index (χ1v) is 37.9. The fourth-order valence-corrected chi connectivity index (χ4v) is 12.9. The molecular weight excluding hydrogens is 2110 g/mol. The minimum atomic E-state index is -7.13. The molecule has 0 aliphatic carbocycles. The first kappa shape index (κ1) is 107. The smallest absolute Gasteiger partial charge is 0.381 e. The molecule has 2 N–H and O–H groups in total. The van der Waals surface area contributed by atoms with E-state index in [1.807, 2.05) is 0 Å². The van der Waals surface area contributed by atoms with Crippen molar-refractivity contribution < 1.29 is 249 Å². The fourth-order valence-electron chi connectivity index (χ4n) is 12.9. The fraction of sp³-hybridized carbons (Fsp3) is 0.300. The molecule has 0 spiro atoms. The molecule has 778 valence electrons. The highest BCUT2D eigenvalue weighted by atomic mass is 19.4. The van der Waals surface area contributed by atoms with E-state index in [1.165, 1.54) is 0 Å². The zero-order valence-electron chi connectivity index (χ0n) is 68.0. The number of rotatable bonds is 36. The summed E-state index contributed by atoms with van der Waals surface area (Å²) < 4.78 is 725. The van der Waals surface area contributed by atoms with Gasteiger partial charge in [0.15, 0.2) is 119 Å². The summed E-state index contributed by atoms with van der Waals surface area (Å²) in [6, 6.07) is 9.47. The van der Waals surface area contributed by atoms with E-state index < -0.39 is 401 Å². The van der Waals surface area contributed by atoms with E-state index in [9.17, 15) is 140 Å². The zero-order valence-corrected chi connectivity index (χ0v) is 68.0. The van der Waals surface area contributed by atoms with Crippen LogP contribution in [0.5, 0.6) is 46.0 Å². The Balaban J connectivity index is 0.957. The van der Waals surface area contributed by atoms with Crippen molar-refractivity contribution in [2.24, 2.45) is 0 Å². The average molecular weight is 2150 g/mol. The molecule has 3 aromatic heterocycles. The maximum atomic E-state index is 15.8. The molecule has 16 nitrogen and oxygen atoms in total. The Morgan fingerprint density at radius 3 is 0.611 bits per heavy atom. The lowest BCUT2D eigenvalue weighted by Gasteiger charge is -2.32. The topological polar surface area (TPSA) is 183 Å². The first-order valence-electron chi connectivity index (χ1n) is 37.9. The molecule has 144 heavy (non-hydrogen) atoms. The van der Waals surface area contributed by atoms with Crippen molar-refractivity contribution in [3.63, 3.8) is 0 Å². The highest BCUT2D eigenvalue weighted by Crippen LogP contribution is 2.56. The van der Waals surface area contributed by atoms with Crippen LogP contribution in [0, 0.1) is 93.1 Å². The Bertz CT molecular complexity index is 6570. The van der Waals surface area contributed by atoms with E-state index in [4.69, 9.17) is 18.9 Å². The normalized spacial score (nSPS) is 13.5. The lowest BCUT2D eigenvalue weighted by atomic mass is 10.1. The van der Waals surface area contributed by atoms with E-state index in [-0.39, 0.29) is 0 Å². The largest absolute Gasteiger partial charge is 0.489 e. The van der Waals surface area contributed by atoms with E-state index in [0.717, 1.165) is 72.8 Å². The summed E-state index contributed by atoms with van der Waals surface area (Å²) in [6.07, 6.45) is -22.2. The number of nitrogens with zero attached hydrogens (tertiary/aromatic N) is 6. The maximum Gasteiger partial charge on any atom is 0.381 e. The molecule has 0 atom stereocenters. The quantitative estimate of drug-likeness (QED) is 0.0279. The molecule has 0 saturated carbocycles. The zero-order chi connectivity index (χ0) is 107. The highest BCUT2D eigenvalue weighted by molar-refractivity contribution is 6.07. The Labute approximate surface area is 760 Å². The number of alkyl halides is 32. The van der Waals surface area contributed by atoms with Crippen molar-refractivity contribution in [2.75, 3.05) is 26.4 Å². The molecule has 8 bridgehead atoms. The van der Waals surface area contributed by atoms with Gasteiger partial charge in [-0.25, -0.2) is 100 Å². The molecule has 5 heterocycles. The average Bonchev–Trinajstić information content (AvgIpc) is 1.68. The van der Waals surface area contributed by atoms with Gasteiger partial charge in [0.05, 0.1) is 22.3 Å². The third-order valence-electron chi connectivity index (χ3n) is 20.7. The summed E-state index contributed by atoms with van der Waals surface area (Å²) in [7, 11) is 0. The van der Waals surface area contributed by atoms with Crippen LogP contribution in [0.3, 0.4) is 0 Å². The molecule has 8 aromatic carbocycles. The van der Waals surface area contributed by atoms with Crippen LogP contribution in [0.4, 0.5) is 211 Å². The van der Waals surface area contributed by atoms with Crippen LogP contribution >= 0.6 is 0 Å². The Morgan fingerprint density at radius 2 is 0.403 bits per heavy atom. The summed E-state index contributed by atoms with van der Waals surface area (Å²) in [5.41, 5.74) is -12.3. The molecule has 64 heteroatoms. The summed E-state index contributed by atoms with van der Waals surface area (Å²) in [4.78, 5) is 31.9. The minimum absolute atomic E-state index is 0.395. The number of hydrogen-bond donors (Lipinski definition) is 2. The number of aromatic nitrogens is 8. The number of ether oxygens (including phenoxy) is 8. The molecule has 0 unspecified atom stereocenters. The Morgan fingerprint density at radius 1 is 0.215 bits per heavy atom. The van der Waals surface area contributed by atoms with E-state index in [1.54, 1.807) is 0 Å². The Kier molecular flexibility index (Phi) is 27.9. The minimum Gasteiger partial charge on any atom is -0.489 e. The number of nitrogens with one attached hydrogen (secondary N) is 2. The third kappa shape index (κ3) is 18.1. The van der Waals surface area contributed by atoms with Crippen LogP contribution in [0.25, 0.3) is 89.7 Å². The van der Waals surface area contributed by atoms with Crippen molar-refractivity contribution >= 4 is 44.1 Å². The van der Waals surface area contributed by atoms with Crippen LogP contribution in [0.2, 0.25) is 0 Å². The van der Waals surface area contributed by atoms with Crippen LogP contribution < -0.4 is 37.9 Å². The van der Waals surface area contributed by atoms with Crippen LogP contribution in [0.1, 0.15) is 22.3 Å². The number of H-pyrrole nitrogens is 2. The summed E-state index contributed by atoms with van der Waals surface area (Å²) in [6.45, 7) is -20.9. The van der Waals surface area contributed by atoms with Crippen molar-refractivity contribution in [3.8, 4) is 91.5 Å². The van der Waals surface area contributed by atoms with Crippen molar-refractivity contribution in [1.29, 1.82) is 0 Å². The van der Waals surface area contributed by atoms with Crippen molar-refractivity contribution in [3.05, 3.63) is 188 Å². The van der Waals surface area contributed by atoms with Gasteiger partial charge in [0.25, 0.3) is 0 Å². The second-order valence-corrected chi connectivity index (χ2v) is 29.8. The summed E-state index contributed by atoms with van der Waals surface area (Å²) in [5.74, 6) is -145. The SMILES string of the molecule is Fc1c(F)c(OCC(F)(F)C(F)(F)C(F)(F)C(F)F)c(F)c(F)c1COc1ccc2c(c1)-c1nc-2nc2[nH]c(nc3nc(nc4[nH]c(n1)c1ccc(OCc5c(F)c(F)c(OCC(F)(F)C(F)(F)C(F)(F)C(F)F)c(F)c5F)cc41)-c1ccc(OCc4c(F)c(F)c(OCC(F)(F)C(F)(F)C(F)(F)C(F)F)c(F)c4F)cc1-3)c1ccc(OCc3c(F)c(F)c(OCC(F)(F)C(F)(F)C(F)(F)C(F)F)c(F)c3F)cc21. The van der Waals surface area contributed by atoms with Gasteiger partial charge in [-0.3, -0.25) is 0 Å². The predicted molar refractivity (Wildman–Crippen MR) is 384 cm³/mol. The van der Waals surface area contributed by atoms with Gasteiger partial charge in [0.1, 0.15) is 72.0 Å². The molecular formula is C80H34F48N8O8. The van der Waals surface area contributed by atoms with Crippen LogP contribution in [0.15, 0.2) is 72.8 Å². The number of benzene rings is 8. The molecule has 0 saturated heterocycles. The van der Waals surface area contributed by atoms with Gasteiger partial charge in [0, 0.05) is 43.8 Å². The number of fused-ring (bicyclic) bond motifs is 20. The van der Waals surface area contributed by atoms with Gasteiger partial charge in [-0.05, 0) is 72.8 Å². The van der Waals surface area contributed by atoms with Crippen molar-refractivity contribution in [2.45, 2.75) is 123 Å². The molecule has 0 amide bonds. The second-order valence-electron chi connectivity index (χ2n) is 29.8. The van der Waals surface area contributed by atoms with Gasteiger partial charge in [-0.15, -0.1) is 0 Å². The molecule has 2 aliphatic heterocycles. The monoisotopic (exact) mass is 2150 g/mol. The third-order valence-corrected chi connectivity index (χ3v) is 20.7. The standard InChI is InChI=1S/C80H34F48N8O8/c81-37-33(38(82)46(90)53(45(37)89)141-17-69(105,106)77(121,122)73(113,114)65(97)98)13-137-21-1-5-25-29(9-21)61-129-57(25)133-62-30-10-22(138-14-34-39(83)47(91)54(48(92)40(34)84)142-18-70(107,108)78(123,124)74(115,116)66(99)100)2-6-26(30)59(130-62)135-64-32-12-24(140-16-36-43(87)51(95)56(52(96)44(36)88)144-20-72(111,112)80(127,128)76(119,120)68(103)104)4-8-28(32)60(132-64)136-63-31-11-23(3-7-27(31)58(131-63)134-61)139-15-35-41(85)49(93)55(50(94)42(35)86)143-19-71(109,110)79(125,126)75(117,118)67(101)102/h1-12,65-68H,13-20H2,(H2,129,130,131,132,133,134,135,136). The molecule has 0 fully saturated rings. The lowest BCUT2D eigenvalue weighted by molar-refractivity contribution is -0.342. The molecule has 13 rings (SSSR count). The van der Waals surface area contributed by atoms with E-state index in [2.05, 4.69) is 58.8 Å². The second kappa shape index (κ2) is 37.4. The summed E-state index contributed by atoms with van der Waals surface area (Å²) in [5, 5.41) is -1.78. The molecule has 11 aromatic rings. The van der Waals surface area contributed by atoms with Crippen molar-refractivity contribution in [1.82, 2.24) is 39.9 Å². The molecule has 0 radical (unpaired) electrons. The first-order chi connectivity index (χ1) is 66.4. The number of halogens is 48. The predicted octanol–water partition coefficient (Wildman–Crippen LogP) is 25.6. The highest BCUT2D eigenvalue weighted by Gasteiger charge is 2.79. The number of aromatic amines is 2. The van der Waals surface area contributed by atoms with E-state index in [0.29, 0.717) is 0 Å². The number of hydrogen-bond acceptors (Lipinski definition) is 14. The van der Waals surface area contributed by atoms with Gasteiger partial charge < -0.3 is 47.9 Å². The Hall–Kier alpha value is -13.8. The maximum absolute atomic E-state index is 15.8. The van der Waals surface area contributed by atoms with Gasteiger partial charge in [0.2, 0.25) is 46.5 Å². The molecule has 2 aliphatic rings.